The average Bonchev–Trinajstić information content (AvgIpc) is 3.63. The van der Waals surface area contributed by atoms with Gasteiger partial charge in [0, 0.05) is 48.3 Å². The summed E-state index contributed by atoms with van der Waals surface area (Å²) < 4.78 is 13.2. The zero-order chi connectivity index (χ0) is 22.8. The minimum Gasteiger partial charge on any atom is -0.395 e. The summed E-state index contributed by atoms with van der Waals surface area (Å²) in [6.07, 6.45) is 4.33. The van der Waals surface area contributed by atoms with Gasteiger partial charge in [0.1, 0.15) is 5.82 Å². The first kappa shape index (κ1) is 21.9. The molecule has 33 heavy (non-hydrogen) atoms. The maximum atomic E-state index is 13.2. The van der Waals surface area contributed by atoms with E-state index in [2.05, 4.69) is 46.3 Å². The number of nitrogens with zero attached hydrogens (tertiary/aromatic N) is 2. The quantitative estimate of drug-likeness (QED) is 0.699. The first-order valence-electron chi connectivity index (χ1n) is 11.9. The number of carbonyl (C=O) groups excluding carboxylic acids is 1. The molecule has 2 saturated heterocycles. The summed E-state index contributed by atoms with van der Waals surface area (Å²) in [4.78, 5) is 17.2. The van der Waals surface area contributed by atoms with Crippen LogP contribution >= 0.6 is 0 Å². The van der Waals surface area contributed by atoms with E-state index < -0.39 is 0 Å². The molecule has 1 saturated carbocycles. The van der Waals surface area contributed by atoms with Gasteiger partial charge in [0.05, 0.1) is 6.61 Å². The summed E-state index contributed by atoms with van der Waals surface area (Å²) in [5.41, 5.74) is 2.80. The Balaban J connectivity index is 1.31. The Hall–Kier alpha value is -2.88. The van der Waals surface area contributed by atoms with Gasteiger partial charge >= 0.3 is 6.03 Å². The summed E-state index contributed by atoms with van der Waals surface area (Å²) in [7, 11) is 0. The number of amides is 2. The zero-order valence-electron chi connectivity index (χ0n) is 18.7. The van der Waals surface area contributed by atoms with Gasteiger partial charge in [0.15, 0.2) is 0 Å². The number of hydrogen-bond acceptors (Lipinski definition) is 3. The Morgan fingerprint density at radius 3 is 2.48 bits per heavy atom. The number of anilines is 1. The van der Waals surface area contributed by atoms with E-state index in [1.54, 1.807) is 12.1 Å². The van der Waals surface area contributed by atoms with Crippen LogP contribution in [0.4, 0.5) is 14.9 Å². The van der Waals surface area contributed by atoms with Crippen LogP contribution in [-0.2, 0) is 0 Å². The van der Waals surface area contributed by atoms with Crippen LogP contribution in [0.15, 0.2) is 48.5 Å². The smallest absolute Gasteiger partial charge is 0.321 e. The minimum atomic E-state index is -0.327. The molecule has 6 heteroatoms. The van der Waals surface area contributed by atoms with Crippen LogP contribution in [0.2, 0.25) is 0 Å². The third-order valence-electron chi connectivity index (χ3n) is 7.05. The van der Waals surface area contributed by atoms with Gasteiger partial charge in [-0.3, -0.25) is 4.90 Å². The van der Waals surface area contributed by atoms with Crippen molar-refractivity contribution in [1.29, 1.82) is 0 Å². The van der Waals surface area contributed by atoms with Crippen LogP contribution < -0.4 is 5.32 Å². The van der Waals surface area contributed by atoms with Crippen LogP contribution in [0.3, 0.4) is 0 Å². The predicted octanol–water partition coefficient (Wildman–Crippen LogP) is 4.04. The molecular formula is C27H30FN3O2. The fourth-order valence-corrected chi connectivity index (χ4v) is 5.06. The molecule has 5 rings (SSSR count). The number of fused-ring (bicyclic) bond motifs is 1. The van der Waals surface area contributed by atoms with Gasteiger partial charge < -0.3 is 15.3 Å². The molecule has 2 aliphatic heterocycles. The molecule has 0 unspecified atom stereocenters. The number of hydrogen-bond donors (Lipinski definition) is 2. The third-order valence-corrected chi connectivity index (χ3v) is 7.05. The van der Waals surface area contributed by atoms with E-state index in [9.17, 15) is 14.3 Å². The highest BCUT2D eigenvalue weighted by Crippen LogP contribution is 2.42. The van der Waals surface area contributed by atoms with Crippen LogP contribution in [0, 0.1) is 23.6 Å². The fraction of sp³-hybridized carbons (Fsp3) is 0.444. The standard InChI is InChI=1S/C27H30FN3O2/c28-22-11-13-23(14-12-22)29-27(33)30-15-1-2-16-31-24(17-30)26(25(31)18-32)21-9-7-20(8-10-21)6-5-19-3-4-19/h7-14,19,24-26,32H,1-4,15-18H2,(H,29,33)/t24-,25+,26+/m0/s1. The van der Waals surface area contributed by atoms with Gasteiger partial charge in [0.2, 0.25) is 0 Å². The number of aliphatic hydroxyl groups excluding tert-OH is 1. The van der Waals surface area contributed by atoms with Gasteiger partial charge in [0.25, 0.3) is 0 Å². The molecule has 2 N–H and O–H groups in total. The number of aliphatic hydroxyl groups is 1. The molecule has 2 aromatic carbocycles. The van der Waals surface area contributed by atoms with E-state index in [1.165, 1.54) is 30.5 Å². The molecule has 172 valence electrons. The lowest BCUT2D eigenvalue weighted by molar-refractivity contribution is -0.0585. The molecule has 2 amide bonds. The summed E-state index contributed by atoms with van der Waals surface area (Å²) >= 11 is 0. The van der Waals surface area contributed by atoms with Gasteiger partial charge in [-0.15, -0.1) is 0 Å². The van der Waals surface area contributed by atoms with Crippen LogP contribution in [0.1, 0.15) is 42.7 Å². The highest BCUT2D eigenvalue weighted by molar-refractivity contribution is 5.89. The van der Waals surface area contributed by atoms with E-state index in [4.69, 9.17) is 0 Å². The van der Waals surface area contributed by atoms with Crippen molar-refractivity contribution in [2.75, 3.05) is 31.6 Å². The first-order chi connectivity index (χ1) is 16.1. The largest absolute Gasteiger partial charge is 0.395 e. The molecule has 3 aliphatic rings. The Kier molecular flexibility index (Phi) is 6.34. The summed E-state index contributed by atoms with van der Waals surface area (Å²) in [5.74, 6) is 6.98. The molecule has 0 bridgehead atoms. The summed E-state index contributed by atoms with van der Waals surface area (Å²) in [5, 5.41) is 13.0. The van der Waals surface area contributed by atoms with Crippen LogP contribution in [0.25, 0.3) is 0 Å². The lowest BCUT2D eigenvalue weighted by atomic mass is 9.74. The van der Waals surface area contributed by atoms with Crippen molar-refractivity contribution >= 4 is 11.7 Å². The van der Waals surface area contributed by atoms with Gasteiger partial charge in [-0.25, -0.2) is 9.18 Å². The van der Waals surface area contributed by atoms with E-state index in [-0.39, 0.29) is 36.5 Å². The molecule has 0 radical (unpaired) electrons. The van der Waals surface area contributed by atoms with Crippen molar-refractivity contribution in [3.05, 3.63) is 65.5 Å². The highest BCUT2D eigenvalue weighted by Gasteiger charge is 2.49. The van der Waals surface area contributed by atoms with E-state index >= 15 is 0 Å². The number of benzene rings is 2. The number of urea groups is 1. The highest BCUT2D eigenvalue weighted by atomic mass is 19.1. The molecule has 2 heterocycles. The lowest BCUT2D eigenvalue weighted by Gasteiger charge is -2.57. The number of nitrogens with one attached hydrogen (secondary N) is 1. The number of carbonyl (C=O) groups is 1. The second kappa shape index (κ2) is 9.54. The summed E-state index contributed by atoms with van der Waals surface area (Å²) in [6, 6.07) is 14.3. The van der Waals surface area contributed by atoms with Crippen LogP contribution in [-0.4, -0.2) is 59.3 Å². The maximum absolute atomic E-state index is 13.2. The second-order valence-corrected chi connectivity index (χ2v) is 9.34. The predicted molar refractivity (Wildman–Crippen MR) is 126 cm³/mol. The SMILES string of the molecule is O=C(Nc1ccc(F)cc1)N1CCCCN2[C@H](CO)[C@H](c3ccc(C#CC4CC4)cc3)[C@@H]2C1. The molecule has 3 fully saturated rings. The second-order valence-electron chi connectivity index (χ2n) is 9.34. The Labute approximate surface area is 194 Å². The fourth-order valence-electron chi connectivity index (χ4n) is 5.06. The monoisotopic (exact) mass is 447 g/mol. The Bertz CT molecular complexity index is 1040. The topological polar surface area (TPSA) is 55.8 Å². The maximum Gasteiger partial charge on any atom is 0.321 e. The van der Waals surface area contributed by atoms with Crippen molar-refractivity contribution in [2.45, 2.75) is 43.7 Å². The van der Waals surface area contributed by atoms with Gasteiger partial charge in [-0.2, -0.15) is 0 Å². The van der Waals surface area contributed by atoms with Crippen molar-refractivity contribution < 1.29 is 14.3 Å². The van der Waals surface area contributed by atoms with Crippen molar-refractivity contribution in [3.63, 3.8) is 0 Å². The van der Waals surface area contributed by atoms with E-state index in [1.807, 2.05) is 4.90 Å². The first-order valence-corrected chi connectivity index (χ1v) is 11.9. The normalized spacial score (nSPS) is 25.0. The van der Waals surface area contributed by atoms with Gasteiger partial charge in [-0.05, 0) is 74.2 Å². The Morgan fingerprint density at radius 1 is 1.06 bits per heavy atom. The average molecular weight is 448 g/mol. The van der Waals surface area contributed by atoms with Gasteiger partial charge in [-0.1, -0.05) is 24.0 Å². The van der Waals surface area contributed by atoms with Crippen molar-refractivity contribution in [1.82, 2.24) is 9.80 Å². The molecule has 5 nitrogen and oxygen atoms in total. The minimum absolute atomic E-state index is 0.0681. The molecule has 0 aromatic heterocycles. The van der Waals surface area contributed by atoms with Crippen molar-refractivity contribution in [2.24, 2.45) is 5.92 Å². The number of rotatable bonds is 3. The Morgan fingerprint density at radius 2 is 1.79 bits per heavy atom. The van der Waals surface area contributed by atoms with E-state index in [0.29, 0.717) is 24.7 Å². The molecular weight excluding hydrogens is 417 g/mol. The van der Waals surface area contributed by atoms with Crippen molar-refractivity contribution in [3.8, 4) is 11.8 Å². The molecule has 2 aromatic rings. The molecule has 1 aliphatic carbocycles. The number of halogens is 1. The lowest BCUT2D eigenvalue weighted by Crippen LogP contribution is -2.68. The molecule has 0 spiro atoms. The zero-order valence-corrected chi connectivity index (χ0v) is 18.7. The molecule has 3 atom stereocenters. The van der Waals surface area contributed by atoms with E-state index in [0.717, 1.165) is 24.9 Å². The third kappa shape index (κ3) is 4.90. The van der Waals surface area contributed by atoms with Crippen LogP contribution in [0.5, 0.6) is 0 Å². The summed E-state index contributed by atoms with van der Waals surface area (Å²) in [6.45, 7) is 2.32.